The Morgan fingerprint density at radius 2 is 1.78 bits per heavy atom. The minimum absolute atomic E-state index is 0.0108. The zero-order valence-corrected chi connectivity index (χ0v) is 23.8. The van der Waals surface area contributed by atoms with Gasteiger partial charge in [-0.15, -0.1) is 0 Å². The standard InChI is InChI=1S/C29H49N5O3/c1-7-24(19-27(36)32-28(21(3)4)29(37)30-6)34(18-15-31-8-2)25-13-16-33(17-14-25)26(20-35)23-11-9-22(5)10-12-23/h9-12,24-26,31,35H,7-8,13-20H2,1-6H3,(H,30,37)(H,32,36)/t24?,26-/m0/s1. The van der Waals surface area contributed by atoms with E-state index in [0.717, 1.165) is 63.1 Å². The third-order valence-electron chi connectivity index (χ3n) is 7.42. The molecule has 0 aliphatic carbocycles. The number of likely N-dealkylation sites (N-methyl/N-ethyl adjacent to an activating group) is 2. The van der Waals surface area contributed by atoms with Gasteiger partial charge in [0.1, 0.15) is 5.70 Å². The summed E-state index contributed by atoms with van der Waals surface area (Å²) in [6, 6.07) is 8.92. The molecule has 37 heavy (non-hydrogen) atoms. The van der Waals surface area contributed by atoms with Gasteiger partial charge in [-0.25, -0.2) is 0 Å². The first-order valence-electron chi connectivity index (χ1n) is 13.8. The molecule has 4 N–H and O–H groups in total. The highest BCUT2D eigenvalue weighted by Crippen LogP contribution is 2.28. The average molecular weight is 516 g/mol. The van der Waals surface area contributed by atoms with E-state index in [2.05, 4.69) is 70.8 Å². The van der Waals surface area contributed by atoms with Gasteiger partial charge in [-0.05, 0) is 57.7 Å². The fraction of sp³-hybridized carbons (Fsp3) is 0.655. The smallest absolute Gasteiger partial charge is 0.267 e. The predicted molar refractivity (Wildman–Crippen MR) is 150 cm³/mol. The summed E-state index contributed by atoms with van der Waals surface area (Å²) in [7, 11) is 1.57. The molecule has 1 aliphatic rings. The molecule has 1 fully saturated rings. The number of aliphatic hydroxyl groups is 1. The maximum absolute atomic E-state index is 13.0. The largest absolute Gasteiger partial charge is 0.394 e. The summed E-state index contributed by atoms with van der Waals surface area (Å²) >= 11 is 0. The molecule has 1 saturated heterocycles. The second-order valence-electron chi connectivity index (χ2n) is 10.2. The highest BCUT2D eigenvalue weighted by molar-refractivity contribution is 5.97. The Kier molecular flexibility index (Phi) is 13.3. The summed E-state index contributed by atoms with van der Waals surface area (Å²) < 4.78 is 0. The van der Waals surface area contributed by atoms with Crippen LogP contribution in [-0.2, 0) is 9.59 Å². The molecule has 0 radical (unpaired) electrons. The Labute approximate surface area is 223 Å². The highest BCUT2D eigenvalue weighted by Gasteiger charge is 2.32. The van der Waals surface area contributed by atoms with E-state index in [-0.39, 0.29) is 30.5 Å². The molecule has 1 unspecified atom stereocenters. The molecule has 8 heteroatoms. The minimum atomic E-state index is -0.273. The molecule has 0 spiro atoms. The van der Waals surface area contributed by atoms with Crippen molar-refractivity contribution in [1.29, 1.82) is 0 Å². The van der Waals surface area contributed by atoms with Crippen molar-refractivity contribution < 1.29 is 14.7 Å². The van der Waals surface area contributed by atoms with Gasteiger partial charge in [0.15, 0.2) is 0 Å². The van der Waals surface area contributed by atoms with E-state index in [9.17, 15) is 14.7 Å². The van der Waals surface area contributed by atoms with Crippen molar-refractivity contribution in [3.63, 3.8) is 0 Å². The number of hydrogen-bond donors (Lipinski definition) is 4. The number of hydrogen-bond acceptors (Lipinski definition) is 6. The van der Waals surface area contributed by atoms with Crippen LogP contribution in [0, 0.1) is 6.92 Å². The Hall–Kier alpha value is -2.26. The highest BCUT2D eigenvalue weighted by atomic mass is 16.3. The van der Waals surface area contributed by atoms with Gasteiger partial charge in [-0.3, -0.25) is 19.4 Å². The summed E-state index contributed by atoms with van der Waals surface area (Å²) in [5.41, 5.74) is 3.49. The molecular formula is C29H49N5O3. The van der Waals surface area contributed by atoms with Gasteiger partial charge in [0.2, 0.25) is 5.91 Å². The first kappa shape index (κ1) is 31.0. The number of likely N-dealkylation sites (tertiary alicyclic amines) is 1. The summed E-state index contributed by atoms with van der Waals surface area (Å²) in [5.74, 6) is -0.401. The number of piperidine rings is 1. The monoisotopic (exact) mass is 515 g/mol. The van der Waals surface area contributed by atoms with Crippen molar-refractivity contribution in [2.45, 2.75) is 78.4 Å². The molecule has 1 aromatic rings. The zero-order valence-electron chi connectivity index (χ0n) is 23.8. The number of nitrogens with one attached hydrogen (secondary N) is 3. The SMILES string of the molecule is CCNCCN(C1CCN([C@@H](CO)c2ccc(C)cc2)CC1)C(CC)CC(=O)NC(C(=O)NC)=C(C)C. The lowest BCUT2D eigenvalue weighted by atomic mass is 9.95. The number of allylic oxidation sites excluding steroid dienone is 1. The van der Waals surface area contributed by atoms with Gasteiger partial charge in [0.25, 0.3) is 5.91 Å². The van der Waals surface area contributed by atoms with Gasteiger partial charge in [-0.1, -0.05) is 43.7 Å². The molecule has 1 aromatic carbocycles. The lowest BCUT2D eigenvalue weighted by molar-refractivity contribution is -0.124. The molecule has 0 aromatic heterocycles. The van der Waals surface area contributed by atoms with Crippen molar-refractivity contribution >= 4 is 11.8 Å². The van der Waals surface area contributed by atoms with Gasteiger partial charge >= 0.3 is 0 Å². The van der Waals surface area contributed by atoms with Crippen LogP contribution in [0.4, 0.5) is 0 Å². The number of amides is 2. The van der Waals surface area contributed by atoms with Crippen LogP contribution in [-0.4, -0.2) is 85.2 Å². The maximum Gasteiger partial charge on any atom is 0.267 e. The lowest BCUT2D eigenvalue weighted by Crippen LogP contribution is -2.52. The molecule has 2 amide bonds. The maximum atomic E-state index is 13.0. The number of rotatable bonds is 14. The van der Waals surface area contributed by atoms with Crippen LogP contribution >= 0.6 is 0 Å². The van der Waals surface area contributed by atoms with Crippen LogP contribution in [0.3, 0.4) is 0 Å². The van der Waals surface area contributed by atoms with E-state index in [0.29, 0.717) is 18.2 Å². The number of aryl methyl sites for hydroxylation is 1. The molecule has 2 rings (SSSR count). The Balaban J connectivity index is 2.10. The van der Waals surface area contributed by atoms with Crippen molar-refractivity contribution in [2.75, 3.05) is 46.4 Å². The quantitative estimate of drug-likeness (QED) is 0.225. The molecule has 8 nitrogen and oxygen atoms in total. The van der Waals surface area contributed by atoms with Gasteiger partial charge in [0, 0.05) is 51.7 Å². The van der Waals surface area contributed by atoms with E-state index < -0.39 is 0 Å². The summed E-state index contributed by atoms with van der Waals surface area (Å²) in [5, 5.41) is 19.1. The Bertz CT molecular complexity index is 874. The number of nitrogens with zero attached hydrogens (tertiary/aromatic N) is 2. The van der Waals surface area contributed by atoms with Gasteiger partial charge in [0.05, 0.1) is 12.6 Å². The van der Waals surface area contributed by atoms with E-state index in [4.69, 9.17) is 0 Å². The van der Waals surface area contributed by atoms with Crippen LogP contribution in [0.2, 0.25) is 0 Å². The van der Waals surface area contributed by atoms with Crippen LogP contribution in [0.5, 0.6) is 0 Å². The van der Waals surface area contributed by atoms with Crippen LogP contribution < -0.4 is 16.0 Å². The average Bonchev–Trinajstić information content (AvgIpc) is 2.90. The van der Waals surface area contributed by atoms with Crippen LogP contribution in [0.25, 0.3) is 0 Å². The van der Waals surface area contributed by atoms with Crippen LogP contribution in [0.1, 0.15) is 70.5 Å². The van der Waals surface area contributed by atoms with Crippen molar-refractivity contribution in [3.8, 4) is 0 Å². The molecular weight excluding hydrogens is 466 g/mol. The zero-order chi connectivity index (χ0) is 27.4. The molecule has 0 bridgehead atoms. The second-order valence-corrected chi connectivity index (χ2v) is 10.2. The molecule has 1 heterocycles. The number of carbonyl (C=O) groups is 2. The summed E-state index contributed by atoms with van der Waals surface area (Å²) in [4.78, 5) is 30.1. The molecule has 1 aliphatic heterocycles. The van der Waals surface area contributed by atoms with E-state index in [1.54, 1.807) is 7.05 Å². The minimum Gasteiger partial charge on any atom is -0.394 e. The van der Waals surface area contributed by atoms with Gasteiger partial charge < -0.3 is 21.1 Å². The number of benzene rings is 1. The Morgan fingerprint density at radius 1 is 1.14 bits per heavy atom. The lowest BCUT2D eigenvalue weighted by Gasteiger charge is -2.44. The van der Waals surface area contributed by atoms with E-state index in [1.165, 1.54) is 5.56 Å². The van der Waals surface area contributed by atoms with E-state index >= 15 is 0 Å². The number of carbonyl (C=O) groups excluding carboxylic acids is 2. The first-order valence-corrected chi connectivity index (χ1v) is 13.8. The van der Waals surface area contributed by atoms with Crippen LogP contribution in [0.15, 0.2) is 35.5 Å². The van der Waals surface area contributed by atoms with Crippen molar-refractivity contribution in [3.05, 3.63) is 46.7 Å². The fourth-order valence-corrected chi connectivity index (χ4v) is 5.23. The Morgan fingerprint density at radius 3 is 2.30 bits per heavy atom. The first-order chi connectivity index (χ1) is 17.7. The molecule has 2 atom stereocenters. The summed E-state index contributed by atoms with van der Waals surface area (Å²) in [6.07, 6.45) is 3.18. The second kappa shape index (κ2) is 15.9. The normalized spacial score (nSPS) is 16.3. The molecule has 0 saturated carbocycles. The predicted octanol–water partition coefficient (Wildman–Crippen LogP) is 2.73. The number of aliphatic hydroxyl groups excluding tert-OH is 1. The van der Waals surface area contributed by atoms with E-state index in [1.807, 2.05) is 13.8 Å². The fourth-order valence-electron chi connectivity index (χ4n) is 5.23. The third kappa shape index (κ3) is 9.21. The molecule has 208 valence electrons. The third-order valence-corrected chi connectivity index (χ3v) is 7.42. The van der Waals surface area contributed by atoms with Crippen molar-refractivity contribution in [2.24, 2.45) is 0 Å². The van der Waals surface area contributed by atoms with Gasteiger partial charge in [-0.2, -0.15) is 0 Å². The summed E-state index contributed by atoms with van der Waals surface area (Å²) in [6.45, 7) is 14.5. The van der Waals surface area contributed by atoms with Crippen molar-refractivity contribution in [1.82, 2.24) is 25.8 Å². The topological polar surface area (TPSA) is 96.9 Å².